The van der Waals surface area contributed by atoms with E-state index in [-0.39, 0.29) is 47.8 Å². The molecule has 0 spiro atoms. The summed E-state index contributed by atoms with van der Waals surface area (Å²) in [7, 11) is 0. The summed E-state index contributed by atoms with van der Waals surface area (Å²) in [4.78, 5) is 53.4. The molecule has 1 atom stereocenters. The Bertz CT molecular complexity index is 1140. The minimum Gasteiger partial charge on any atom is -0.452 e. The van der Waals surface area contributed by atoms with Crippen molar-refractivity contribution in [2.75, 3.05) is 26.3 Å². The van der Waals surface area contributed by atoms with Crippen molar-refractivity contribution in [1.29, 1.82) is 0 Å². The van der Waals surface area contributed by atoms with Crippen LogP contribution in [0.2, 0.25) is 0 Å². The van der Waals surface area contributed by atoms with Crippen molar-refractivity contribution in [2.45, 2.75) is 31.9 Å². The van der Waals surface area contributed by atoms with Gasteiger partial charge >= 0.3 is 5.97 Å². The first-order valence-corrected chi connectivity index (χ1v) is 11.1. The molecule has 0 aromatic heterocycles. The zero-order chi connectivity index (χ0) is 22.9. The second kappa shape index (κ2) is 8.78. The monoisotopic (exact) mass is 448 g/mol. The van der Waals surface area contributed by atoms with Crippen molar-refractivity contribution in [3.8, 4) is 0 Å². The zero-order valence-corrected chi connectivity index (χ0v) is 18.1. The molecular weight excluding hydrogens is 424 g/mol. The maximum Gasteiger partial charge on any atom is 0.338 e. The van der Waals surface area contributed by atoms with E-state index in [2.05, 4.69) is 6.07 Å². The molecule has 8 heteroatoms. The lowest BCUT2D eigenvalue weighted by Gasteiger charge is -2.28. The van der Waals surface area contributed by atoms with E-state index in [9.17, 15) is 19.2 Å². The Morgan fingerprint density at radius 2 is 1.82 bits per heavy atom. The van der Waals surface area contributed by atoms with Crippen LogP contribution in [-0.4, -0.2) is 65.9 Å². The van der Waals surface area contributed by atoms with Crippen molar-refractivity contribution in [3.63, 3.8) is 0 Å². The summed E-state index contributed by atoms with van der Waals surface area (Å²) in [5.74, 6) is -1.80. The van der Waals surface area contributed by atoms with Crippen LogP contribution in [0.15, 0.2) is 42.5 Å². The number of amides is 3. The third kappa shape index (κ3) is 4.14. The average Bonchev–Trinajstić information content (AvgIpc) is 3.44. The number of imide groups is 1. The van der Waals surface area contributed by atoms with Gasteiger partial charge in [-0.25, -0.2) is 4.79 Å². The predicted molar refractivity (Wildman–Crippen MR) is 117 cm³/mol. The van der Waals surface area contributed by atoms with Crippen LogP contribution in [0.5, 0.6) is 0 Å². The molecule has 5 rings (SSSR count). The van der Waals surface area contributed by atoms with Crippen LogP contribution in [0.4, 0.5) is 0 Å². The molecule has 8 nitrogen and oxygen atoms in total. The first kappa shape index (κ1) is 21.3. The molecule has 2 aromatic carbocycles. The lowest BCUT2D eigenvalue weighted by Crippen LogP contribution is -2.38. The molecule has 3 aliphatic heterocycles. The topological polar surface area (TPSA) is 93.2 Å². The third-order valence-electron chi connectivity index (χ3n) is 6.43. The number of rotatable bonds is 5. The molecular formula is C25H24N2O6. The highest BCUT2D eigenvalue weighted by molar-refractivity contribution is 6.22. The van der Waals surface area contributed by atoms with Crippen LogP contribution in [0.1, 0.15) is 55.0 Å². The predicted octanol–water partition coefficient (Wildman–Crippen LogP) is 2.20. The largest absolute Gasteiger partial charge is 0.452 e. The van der Waals surface area contributed by atoms with Gasteiger partial charge in [0.1, 0.15) is 0 Å². The van der Waals surface area contributed by atoms with Gasteiger partial charge in [0.15, 0.2) is 6.61 Å². The van der Waals surface area contributed by atoms with E-state index in [0.29, 0.717) is 19.7 Å². The third-order valence-corrected chi connectivity index (χ3v) is 6.43. The number of hydrogen-bond donors (Lipinski definition) is 0. The molecule has 0 radical (unpaired) electrons. The highest BCUT2D eigenvalue weighted by Crippen LogP contribution is 2.26. The van der Waals surface area contributed by atoms with E-state index in [4.69, 9.17) is 9.47 Å². The minimum absolute atomic E-state index is 0.130. The number of ether oxygens (including phenoxy) is 2. The van der Waals surface area contributed by atoms with Gasteiger partial charge in [0.2, 0.25) is 0 Å². The molecule has 3 aliphatic rings. The van der Waals surface area contributed by atoms with Crippen molar-refractivity contribution in [1.82, 2.24) is 9.80 Å². The highest BCUT2D eigenvalue weighted by atomic mass is 16.5. The zero-order valence-electron chi connectivity index (χ0n) is 18.1. The number of carbonyl (C=O) groups is 4. The number of hydrogen-bond acceptors (Lipinski definition) is 6. The maximum atomic E-state index is 12.8. The summed E-state index contributed by atoms with van der Waals surface area (Å²) in [6.07, 6.45) is 2.33. The van der Waals surface area contributed by atoms with Gasteiger partial charge in [0.25, 0.3) is 17.7 Å². The quantitative estimate of drug-likeness (QED) is 0.514. The molecule has 0 bridgehead atoms. The van der Waals surface area contributed by atoms with Crippen molar-refractivity contribution in [2.24, 2.45) is 0 Å². The molecule has 2 aromatic rings. The Balaban J connectivity index is 1.21. The first-order chi connectivity index (χ1) is 16.0. The number of benzene rings is 2. The van der Waals surface area contributed by atoms with E-state index in [0.717, 1.165) is 24.8 Å². The molecule has 0 aliphatic carbocycles. The Labute approximate surface area is 191 Å². The Morgan fingerprint density at radius 1 is 1.03 bits per heavy atom. The molecule has 1 fully saturated rings. The molecule has 1 saturated heterocycles. The van der Waals surface area contributed by atoms with Gasteiger partial charge < -0.3 is 14.4 Å². The SMILES string of the molecule is O=C(OCC(=O)N1CCc2ccccc2C1)c1ccc2c(c1)C(=O)N(CC1CCCO1)C2=O. The maximum absolute atomic E-state index is 12.8. The molecule has 1 unspecified atom stereocenters. The molecule has 0 N–H and O–H groups in total. The Morgan fingerprint density at radius 3 is 2.61 bits per heavy atom. The van der Waals surface area contributed by atoms with E-state index in [1.54, 1.807) is 4.90 Å². The van der Waals surface area contributed by atoms with Crippen LogP contribution in [0.25, 0.3) is 0 Å². The number of esters is 1. The van der Waals surface area contributed by atoms with Crippen LogP contribution < -0.4 is 0 Å². The van der Waals surface area contributed by atoms with E-state index in [1.165, 1.54) is 28.7 Å². The smallest absolute Gasteiger partial charge is 0.338 e. The lowest BCUT2D eigenvalue weighted by molar-refractivity contribution is -0.135. The van der Waals surface area contributed by atoms with E-state index in [1.807, 2.05) is 18.2 Å². The van der Waals surface area contributed by atoms with Crippen molar-refractivity contribution < 1.29 is 28.7 Å². The van der Waals surface area contributed by atoms with Crippen LogP contribution in [-0.2, 0) is 27.2 Å². The van der Waals surface area contributed by atoms with Gasteiger partial charge in [-0.1, -0.05) is 24.3 Å². The fourth-order valence-electron chi connectivity index (χ4n) is 4.59. The highest BCUT2D eigenvalue weighted by Gasteiger charge is 2.38. The summed E-state index contributed by atoms with van der Waals surface area (Å²) in [5, 5.41) is 0. The Kier molecular flexibility index (Phi) is 5.68. The first-order valence-electron chi connectivity index (χ1n) is 11.1. The van der Waals surface area contributed by atoms with E-state index < -0.39 is 11.9 Å². The van der Waals surface area contributed by atoms with Crippen LogP contribution in [0.3, 0.4) is 0 Å². The summed E-state index contributed by atoms with van der Waals surface area (Å²) in [6.45, 7) is 1.52. The van der Waals surface area contributed by atoms with Gasteiger partial charge in [0, 0.05) is 19.7 Å². The molecule has 33 heavy (non-hydrogen) atoms. The number of fused-ring (bicyclic) bond motifs is 2. The van der Waals surface area contributed by atoms with E-state index >= 15 is 0 Å². The summed E-state index contributed by atoms with van der Waals surface area (Å²) >= 11 is 0. The number of nitrogens with zero attached hydrogens (tertiary/aromatic N) is 2. The normalized spacial score (nSPS) is 19.5. The fourth-order valence-corrected chi connectivity index (χ4v) is 4.59. The second-order valence-electron chi connectivity index (χ2n) is 8.53. The van der Waals surface area contributed by atoms with Crippen molar-refractivity contribution >= 4 is 23.7 Å². The molecule has 3 amide bonds. The minimum atomic E-state index is -0.707. The summed E-state index contributed by atoms with van der Waals surface area (Å²) in [5.41, 5.74) is 2.89. The lowest BCUT2D eigenvalue weighted by atomic mass is 10.00. The van der Waals surface area contributed by atoms with Gasteiger partial charge in [-0.15, -0.1) is 0 Å². The average molecular weight is 448 g/mol. The second-order valence-corrected chi connectivity index (χ2v) is 8.53. The summed E-state index contributed by atoms with van der Waals surface area (Å²) in [6, 6.07) is 12.2. The van der Waals surface area contributed by atoms with Gasteiger partial charge in [0.05, 0.1) is 29.3 Å². The van der Waals surface area contributed by atoms with Gasteiger partial charge in [-0.3, -0.25) is 19.3 Å². The molecule has 3 heterocycles. The summed E-state index contributed by atoms with van der Waals surface area (Å²) < 4.78 is 10.8. The standard InChI is InChI=1S/C25H24N2O6/c28-22(26-10-9-16-4-1-2-5-18(16)13-26)15-33-25(31)17-7-8-20-21(12-17)24(30)27(23(20)29)14-19-6-3-11-32-19/h1-2,4-5,7-8,12,19H,3,6,9-11,13-15H2. The number of carbonyl (C=O) groups excluding carboxylic acids is 4. The molecule has 0 saturated carbocycles. The fraction of sp³-hybridized carbons (Fsp3) is 0.360. The Hall–Kier alpha value is -3.52. The van der Waals surface area contributed by atoms with Gasteiger partial charge in [-0.05, 0) is 48.6 Å². The van der Waals surface area contributed by atoms with Crippen molar-refractivity contribution in [3.05, 3.63) is 70.3 Å². The molecule has 170 valence electrons. The van der Waals surface area contributed by atoms with Crippen LogP contribution in [0, 0.1) is 0 Å². The van der Waals surface area contributed by atoms with Gasteiger partial charge in [-0.2, -0.15) is 0 Å². The van der Waals surface area contributed by atoms with Crippen LogP contribution >= 0.6 is 0 Å².